The second-order valence-electron chi connectivity index (χ2n) is 5.15. The Bertz CT molecular complexity index is 818. The van der Waals surface area contributed by atoms with Gasteiger partial charge in [0.15, 0.2) is 0 Å². The van der Waals surface area contributed by atoms with E-state index < -0.39 is 23.6 Å². The van der Waals surface area contributed by atoms with Crippen LogP contribution in [-0.2, 0) is 0 Å². The molecule has 1 aromatic carbocycles. The van der Waals surface area contributed by atoms with Crippen LogP contribution >= 0.6 is 0 Å². The quantitative estimate of drug-likeness (QED) is 0.863. The molecule has 2 aromatic rings. The third-order valence-corrected chi connectivity index (χ3v) is 3.73. The van der Waals surface area contributed by atoms with Crippen LogP contribution in [0.25, 0.3) is 0 Å². The lowest BCUT2D eigenvalue weighted by atomic mass is 10.0. The first-order valence-electron chi connectivity index (χ1n) is 7.05. The van der Waals surface area contributed by atoms with E-state index in [9.17, 15) is 13.6 Å². The zero-order valence-electron chi connectivity index (χ0n) is 13.4. The molecule has 0 aliphatic carbocycles. The van der Waals surface area contributed by atoms with E-state index in [4.69, 9.17) is 10.00 Å². The van der Waals surface area contributed by atoms with Crippen molar-refractivity contribution >= 4 is 5.91 Å². The zero-order valence-corrected chi connectivity index (χ0v) is 13.4. The molecule has 1 amide bonds. The number of halogens is 2. The minimum Gasteiger partial charge on any atom is -0.480 e. The maximum absolute atomic E-state index is 13.5. The lowest BCUT2D eigenvalue weighted by Gasteiger charge is -2.26. The molecule has 24 heavy (non-hydrogen) atoms. The van der Waals surface area contributed by atoms with Crippen LogP contribution < -0.4 is 4.74 Å². The fourth-order valence-electron chi connectivity index (χ4n) is 2.30. The van der Waals surface area contributed by atoms with Crippen LogP contribution in [0.4, 0.5) is 8.78 Å². The molecular weight excluding hydrogens is 316 g/mol. The lowest BCUT2D eigenvalue weighted by Crippen LogP contribution is -2.30. The molecule has 0 radical (unpaired) electrons. The van der Waals surface area contributed by atoms with Crippen LogP contribution in [-0.4, -0.2) is 29.9 Å². The Morgan fingerprint density at radius 2 is 2.04 bits per heavy atom. The smallest absolute Gasteiger partial charge is 0.259 e. The second-order valence-corrected chi connectivity index (χ2v) is 5.15. The normalized spacial score (nSPS) is 11.5. The van der Waals surface area contributed by atoms with Crippen molar-refractivity contribution in [3.05, 3.63) is 58.8 Å². The van der Waals surface area contributed by atoms with E-state index in [0.717, 1.165) is 12.3 Å². The Hall–Kier alpha value is -3.01. The fourth-order valence-corrected chi connectivity index (χ4v) is 2.30. The summed E-state index contributed by atoms with van der Waals surface area (Å²) in [5.41, 5.74) is 0.561. The molecule has 2 rings (SSSR count). The topological polar surface area (TPSA) is 66.2 Å². The number of carbonyl (C=O) groups excluding carboxylic acids is 1. The van der Waals surface area contributed by atoms with Gasteiger partial charge in [-0.2, -0.15) is 5.26 Å². The molecule has 124 valence electrons. The van der Waals surface area contributed by atoms with Gasteiger partial charge in [-0.25, -0.2) is 13.8 Å². The minimum atomic E-state index is -0.677. The number of ether oxygens (including phenoxy) is 1. The van der Waals surface area contributed by atoms with Gasteiger partial charge >= 0.3 is 0 Å². The molecule has 5 nitrogen and oxygen atoms in total. The highest BCUT2D eigenvalue weighted by atomic mass is 19.1. The van der Waals surface area contributed by atoms with E-state index in [1.54, 1.807) is 6.92 Å². The standard InChI is InChI=1S/C17H15F2N3O2/c1-10(14-6-12(18)5-4-11(14)8-20)22(2)17(23)15-7-13(19)9-21-16(15)24-3/h4-7,9-10H,1-3H3/t10-/m1/s1. The lowest BCUT2D eigenvalue weighted by molar-refractivity contribution is 0.0737. The minimum absolute atomic E-state index is 0.0137. The molecule has 1 atom stereocenters. The van der Waals surface area contributed by atoms with Crippen molar-refractivity contribution in [3.8, 4) is 11.9 Å². The highest BCUT2D eigenvalue weighted by molar-refractivity contribution is 5.96. The van der Waals surface area contributed by atoms with Crippen molar-refractivity contribution in [2.24, 2.45) is 0 Å². The highest BCUT2D eigenvalue weighted by Crippen LogP contribution is 2.26. The molecule has 7 heteroatoms. The number of rotatable bonds is 4. The monoisotopic (exact) mass is 331 g/mol. The number of carbonyl (C=O) groups is 1. The molecule has 1 aromatic heterocycles. The van der Waals surface area contributed by atoms with Gasteiger partial charge in [-0.15, -0.1) is 0 Å². The molecule has 1 heterocycles. The van der Waals surface area contributed by atoms with Crippen molar-refractivity contribution in [2.45, 2.75) is 13.0 Å². The van der Waals surface area contributed by atoms with Crippen molar-refractivity contribution in [1.82, 2.24) is 9.88 Å². The predicted molar refractivity (Wildman–Crippen MR) is 82.4 cm³/mol. The van der Waals surface area contributed by atoms with Crippen molar-refractivity contribution < 1.29 is 18.3 Å². The predicted octanol–water partition coefficient (Wildman–Crippen LogP) is 3.07. The second kappa shape index (κ2) is 7.04. The number of amides is 1. The van der Waals surface area contributed by atoms with Crippen LogP contribution in [0.2, 0.25) is 0 Å². The third kappa shape index (κ3) is 3.33. The number of benzene rings is 1. The number of nitrogens with zero attached hydrogens (tertiary/aromatic N) is 3. The molecular formula is C17H15F2N3O2. The number of aromatic nitrogens is 1. The summed E-state index contributed by atoms with van der Waals surface area (Å²) in [6.07, 6.45) is 0.944. The Balaban J connectivity index is 2.40. The average molecular weight is 331 g/mol. The number of hydrogen-bond donors (Lipinski definition) is 0. The molecule has 0 spiro atoms. The maximum atomic E-state index is 13.5. The summed E-state index contributed by atoms with van der Waals surface area (Å²) in [4.78, 5) is 17.6. The van der Waals surface area contributed by atoms with E-state index in [0.29, 0.717) is 5.56 Å². The van der Waals surface area contributed by atoms with E-state index >= 15 is 0 Å². The van der Waals surface area contributed by atoms with Gasteiger partial charge in [-0.05, 0) is 36.8 Å². The summed E-state index contributed by atoms with van der Waals surface area (Å²) in [5, 5.41) is 9.16. The maximum Gasteiger partial charge on any atom is 0.259 e. The highest BCUT2D eigenvalue weighted by Gasteiger charge is 2.25. The van der Waals surface area contributed by atoms with Crippen molar-refractivity contribution in [1.29, 1.82) is 5.26 Å². The number of methoxy groups -OCH3 is 1. The number of pyridine rings is 1. The van der Waals surface area contributed by atoms with Gasteiger partial charge in [0.1, 0.15) is 17.2 Å². The SMILES string of the molecule is COc1ncc(F)cc1C(=O)N(C)[C@H](C)c1cc(F)ccc1C#N. The molecule has 0 fully saturated rings. The van der Waals surface area contributed by atoms with Gasteiger partial charge in [-0.3, -0.25) is 4.79 Å². The molecule has 0 bridgehead atoms. The van der Waals surface area contributed by atoms with Gasteiger partial charge in [-0.1, -0.05) is 0 Å². The van der Waals surface area contributed by atoms with Gasteiger partial charge in [0.2, 0.25) is 5.88 Å². The van der Waals surface area contributed by atoms with Crippen molar-refractivity contribution in [3.63, 3.8) is 0 Å². The summed E-state index contributed by atoms with van der Waals surface area (Å²) in [5.74, 6) is -1.76. The van der Waals surface area contributed by atoms with Gasteiger partial charge in [0, 0.05) is 7.05 Å². The molecule has 0 saturated carbocycles. The van der Waals surface area contributed by atoms with Gasteiger partial charge in [0.05, 0.1) is 31.0 Å². The Morgan fingerprint density at radius 3 is 2.67 bits per heavy atom. The Labute approximate surface area is 138 Å². The van der Waals surface area contributed by atoms with Crippen LogP contribution in [0.5, 0.6) is 5.88 Å². The van der Waals surface area contributed by atoms with E-state index in [1.807, 2.05) is 6.07 Å². The van der Waals surface area contributed by atoms with Crippen LogP contribution in [0.1, 0.15) is 34.5 Å². The Morgan fingerprint density at radius 1 is 1.33 bits per heavy atom. The molecule has 0 unspecified atom stereocenters. The van der Waals surface area contributed by atoms with E-state index in [-0.39, 0.29) is 17.0 Å². The first-order valence-corrected chi connectivity index (χ1v) is 7.05. The van der Waals surface area contributed by atoms with Gasteiger partial charge < -0.3 is 9.64 Å². The molecule has 0 aliphatic heterocycles. The summed E-state index contributed by atoms with van der Waals surface area (Å²) >= 11 is 0. The number of nitriles is 1. The zero-order chi connectivity index (χ0) is 17.9. The van der Waals surface area contributed by atoms with E-state index in [1.165, 1.54) is 37.3 Å². The summed E-state index contributed by atoms with van der Waals surface area (Å²) in [6, 6.07) is 6.10. The first-order chi connectivity index (χ1) is 11.4. The summed E-state index contributed by atoms with van der Waals surface area (Å²) < 4.78 is 31.9. The molecule has 0 aliphatic rings. The van der Waals surface area contributed by atoms with Crippen LogP contribution in [0, 0.1) is 23.0 Å². The average Bonchev–Trinajstić information content (AvgIpc) is 2.59. The summed E-state index contributed by atoms with van der Waals surface area (Å²) in [6.45, 7) is 1.65. The van der Waals surface area contributed by atoms with E-state index in [2.05, 4.69) is 4.98 Å². The third-order valence-electron chi connectivity index (χ3n) is 3.73. The molecule has 0 saturated heterocycles. The van der Waals surface area contributed by atoms with Gasteiger partial charge in [0.25, 0.3) is 5.91 Å². The van der Waals surface area contributed by atoms with Crippen LogP contribution in [0.3, 0.4) is 0 Å². The summed E-state index contributed by atoms with van der Waals surface area (Å²) in [7, 11) is 2.80. The largest absolute Gasteiger partial charge is 0.480 e. The van der Waals surface area contributed by atoms with Crippen molar-refractivity contribution in [2.75, 3.05) is 14.2 Å². The fraction of sp³-hybridized carbons (Fsp3) is 0.235. The Kier molecular flexibility index (Phi) is 5.09. The molecule has 0 N–H and O–H groups in total. The van der Waals surface area contributed by atoms with Crippen LogP contribution in [0.15, 0.2) is 30.5 Å². The number of hydrogen-bond acceptors (Lipinski definition) is 4. The first kappa shape index (κ1) is 17.3.